The van der Waals surface area contributed by atoms with Crippen LogP contribution in [0.1, 0.15) is 277 Å². The van der Waals surface area contributed by atoms with Gasteiger partial charge in [-0.1, -0.05) is 233 Å². The standard InChI is InChI=1S/C22H32O3.C18H32O3.2C17H30O2.4H2/c1-3-22(23)25-17-5-4-16-24-21-14-12-20(13-15-21)11-10-19-8-6-18(2)7-9-19;1-3-18(19)21-15-9-7-5-4-6-8-14-20-17-12-10-16(2)11-13-17;2*1-3-17(18)19-14-8-6-4-5-7-9-16-12-10-15(2)11-13-16;;;;/h3,12-15,18-19H,1,4-11,16-17H2,2H3;3,16-17H,1,4-15H2,2H3;2*3,15-16H,1,4-14H2,2H3;4*1H. The van der Waals surface area contributed by atoms with Gasteiger partial charge in [-0.05, 0) is 136 Å². The number of benzene rings is 1. The number of carbonyl (C=O) groups is 4. The molecule has 10 nitrogen and oxygen atoms in total. The van der Waals surface area contributed by atoms with Crippen LogP contribution in [-0.2, 0) is 49.3 Å². The number of aryl methyl sites for hydroxylation is 1. The molecule has 1 aromatic carbocycles. The van der Waals surface area contributed by atoms with Gasteiger partial charge < -0.3 is 28.4 Å². The van der Waals surface area contributed by atoms with Crippen molar-refractivity contribution in [2.24, 2.45) is 41.4 Å². The lowest BCUT2D eigenvalue weighted by atomic mass is 9.80. The summed E-state index contributed by atoms with van der Waals surface area (Å²) >= 11 is 0. The highest BCUT2D eigenvalue weighted by Gasteiger charge is 2.21. The van der Waals surface area contributed by atoms with Crippen LogP contribution in [0.3, 0.4) is 0 Å². The molecule has 0 radical (unpaired) electrons. The molecule has 4 aliphatic carbocycles. The van der Waals surface area contributed by atoms with Gasteiger partial charge in [0.05, 0.1) is 39.1 Å². The molecule has 488 valence electrons. The van der Waals surface area contributed by atoms with Gasteiger partial charge in [-0.15, -0.1) is 0 Å². The predicted octanol–water partition coefficient (Wildman–Crippen LogP) is 20.7. The SMILES string of the molecule is C=CC(=O)OCCCCCCCC1CCC(C)CC1.C=CC(=O)OCCCCCCCC1CCC(C)CC1.C=CC(=O)OCCCCCCCCOC1CCC(C)CC1.C=CC(=O)OCCCCOc1ccc(CCC2CCC(C)CC2)cc1.[HH].[HH].[HH].[HH]. The lowest BCUT2D eigenvalue weighted by Gasteiger charge is -2.26. The monoisotopic (exact) mass is 1180 g/mol. The Kier molecular flexibility index (Phi) is 47.0. The summed E-state index contributed by atoms with van der Waals surface area (Å²) in [6.45, 7) is 26.6. The van der Waals surface area contributed by atoms with Gasteiger partial charge >= 0.3 is 23.9 Å². The number of ether oxygens (including phenoxy) is 6. The minimum absolute atomic E-state index is 0. The number of carbonyl (C=O) groups excluding carboxylic acids is 4. The maximum absolute atomic E-state index is 10.9. The van der Waals surface area contributed by atoms with Crippen LogP contribution >= 0.6 is 0 Å². The van der Waals surface area contributed by atoms with Gasteiger partial charge in [-0.2, -0.15) is 0 Å². The molecule has 4 aliphatic rings. The minimum Gasteiger partial charge on any atom is -0.494 e. The van der Waals surface area contributed by atoms with E-state index in [9.17, 15) is 19.2 Å². The summed E-state index contributed by atoms with van der Waals surface area (Å²) in [5.41, 5.74) is 1.40. The molecule has 1 aromatic rings. The van der Waals surface area contributed by atoms with Crippen LogP contribution in [0.25, 0.3) is 0 Å². The molecule has 0 heterocycles. The highest BCUT2D eigenvalue weighted by atomic mass is 16.5. The van der Waals surface area contributed by atoms with Crippen molar-refractivity contribution in [3.8, 4) is 5.75 Å². The van der Waals surface area contributed by atoms with Crippen LogP contribution in [0.5, 0.6) is 5.75 Å². The quantitative estimate of drug-likeness (QED) is 0.0272. The molecule has 0 N–H and O–H groups in total. The van der Waals surface area contributed by atoms with E-state index >= 15 is 0 Å². The third kappa shape index (κ3) is 43.4. The number of unbranched alkanes of at least 4 members (excludes halogenated alkanes) is 14. The molecule has 10 heteroatoms. The third-order valence-electron chi connectivity index (χ3n) is 18.0. The third-order valence-corrected chi connectivity index (χ3v) is 18.0. The number of rotatable bonds is 39. The zero-order valence-corrected chi connectivity index (χ0v) is 54.3. The molecule has 0 unspecified atom stereocenters. The number of hydrogen-bond acceptors (Lipinski definition) is 10. The Labute approximate surface area is 520 Å². The van der Waals surface area contributed by atoms with Gasteiger partial charge in [-0.3, -0.25) is 0 Å². The molecule has 4 saturated carbocycles. The van der Waals surface area contributed by atoms with E-state index in [-0.39, 0.29) is 29.6 Å². The largest absolute Gasteiger partial charge is 0.494 e. The lowest BCUT2D eigenvalue weighted by molar-refractivity contribution is -0.138. The molecule has 0 bridgehead atoms. The van der Waals surface area contributed by atoms with E-state index in [1.165, 1.54) is 235 Å². The molecule has 0 spiro atoms. The summed E-state index contributed by atoms with van der Waals surface area (Å²) in [5, 5.41) is 0. The van der Waals surface area contributed by atoms with Crippen molar-refractivity contribution in [2.45, 2.75) is 278 Å². The minimum atomic E-state index is -0.362. The van der Waals surface area contributed by atoms with Crippen LogP contribution in [0.15, 0.2) is 74.9 Å². The Morgan fingerprint density at radius 3 is 1.01 bits per heavy atom. The molecule has 4 fully saturated rings. The lowest BCUT2D eigenvalue weighted by Crippen LogP contribution is -2.20. The van der Waals surface area contributed by atoms with Gasteiger partial charge in [0.15, 0.2) is 0 Å². The topological polar surface area (TPSA) is 124 Å². The first-order valence-electron chi connectivity index (χ1n) is 34.3. The summed E-state index contributed by atoms with van der Waals surface area (Å²) in [4.78, 5) is 43.3. The average molecular weight is 1180 g/mol. The fourth-order valence-electron chi connectivity index (χ4n) is 12.0. The Balaban J connectivity index is -0.00000109. The molecule has 0 aliphatic heterocycles. The van der Waals surface area contributed by atoms with Crippen molar-refractivity contribution >= 4 is 23.9 Å². The second kappa shape index (κ2) is 52.0. The summed E-state index contributed by atoms with van der Waals surface area (Å²) < 4.78 is 31.4. The highest BCUT2D eigenvalue weighted by molar-refractivity contribution is 5.82. The maximum atomic E-state index is 10.9. The summed E-state index contributed by atoms with van der Waals surface area (Å²) in [7, 11) is 0. The normalized spacial score (nSPS) is 21.9. The van der Waals surface area contributed by atoms with Crippen molar-refractivity contribution in [1.29, 1.82) is 0 Å². The van der Waals surface area contributed by atoms with Gasteiger partial charge in [-0.25, -0.2) is 19.2 Å². The smallest absolute Gasteiger partial charge is 0.330 e. The van der Waals surface area contributed by atoms with Crippen molar-refractivity contribution in [1.82, 2.24) is 0 Å². The molecule has 5 rings (SSSR count). The van der Waals surface area contributed by atoms with Gasteiger partial charge in [0.1, 0.15) is 5.75 Å². The molecule has 0 aromatic heterocycles. The Bertz CT molecular complexity index is 1780. The van der Waals surface area contributed by atoms with E-state index in [2.05, 4.69) is 78.3 Å². The van der Waals surface area contributed by atoms with Crippen LogP contribution < -0.4 is 4.74 Å². The zero-order valence-electron chi connectivity index (χ0n) is 54.3. The molecular weight excluding hydrogens is 1050 g/mol. The molecular formula is C74H132O10. The van der Waals surface area contributed by atoms with Crippen molar-refractivity contribution in [3.05, 3.63) is 80.4 Å². The van der Waals surface area contributed by atoms with Gasteiger partial charge in [0.25, 0.3) is 0 Å². The Hall–Kier alpha value is -4.18. The summed E-state index contributed by atoms with van der Waals surface area (Å²) in [6, 6.07) is 8.51. The van der Waals surface area contributed by atoms with E-state index in [1.807, 2.05) is 0 Å². The molecule has 0 amide bonds. The van der Waals surface area contributed by atoms with E-state index in [0.29, 0.717) is 39.1 Å². The molecule has 84 heavy (non-hydrogen) atoms. The maximum Gasteiger partial charge on any atom is 0.330 e. The molecule has 0 saturated heterocycles. The van der Waals surface area contributed by atoms with Crippen molar-refractivity contribution < 1.29 is 53.3 Å². The molecule has 0 atom stereocenters. The highest BCUT2D eigenvalue weighted by Crippen LogP contribution is 2.34. The van der Waals surface area contributed by atoms with E-state index in [4.69, 9.17) is 28.4 Å². The van der Waals surface area contributed by atoms with E-state index in [0.717, 1.165) is 92.3 Å². The first-order chi connectivity index (χ1) is 40.8. The average Bonchev–Trinajstić information content (AvgIpc) is 3.68. The predicted molar refractivity (Wildman–Crippen MR) is 356 cm³/mol. The summed E-state index contributed by atoms with van der Waals surface area (Å²) in [6.07, 6.45) is 54.1. The van der Waals surface area contributed by atoms with E-state index < -0.39 is 0 Å². The second-order valence-electron chi connectivity index (χ2n) is 25.6. The van der Waals surface area contributed by atoms with E-state index in [1.54, 1.807) is 0 Å². The van der Waals surface area contributed by atoms with Gasteiger partial charge in [0.2, 0.25) is 0 Å². The van der Waals surface area contributed by atoms with Crippen molar-refractivity contribution in [3.63, 3.8) is 0 Å². The van der Waals surface area contributed by atoms with Gasteiger partial charge in [0, 0.05) is 36.6 Å². The van der Waals surface area contributed by atoms with Crippen LogP contribution in [0.2, 0.25) is 0 Å². The second-order valence-corrected chi connectivity index (χ2v) is 25.6. The fourth-order valence-corrected chi connectivity index (χ4v) is 12.0. The Morgan fingerprint density at radius 1 is 0.369 bits per heavy atom. The van der Waals surface area contributed by atoms with Crippen LogP contribution in [0, 0.1) is 41.4 Å². The number of esters is 4. The zero-order chi connectivity index (χ0) is 61.1. The van der Waals surface area contributed by atoms with Crippen molar-refractivity contribution in [2.75, 3.05) is 39.6 Å². The summed E-state index contributed by atoms with van der Waals surface area (Å²) in [5.74, 6) is 6.33. The van der Waals surface area contributed by atoms with Crippen LogP contribution in [0.4, 0.5) is 0 Å². The first-order valence-corrected chi connectivity index (χ1v) is 34.3. The van der Waals surface area contributed by atoms with Crippen LogP contribution in [-0.4, -0.2) is 69.6 Å². The fraction of sp³-hybridized carbons (Fsp3) is 0.757. The number of hydrogen-bond donors (Lipinski definition) is 0. The Morgan fingerprint density at radius 2 is 0.655 bits per heavy atom. The first kappa shape index (κ1) is 75.9.